The van der Waals surface area contributed by atoms with Gasteiger partial charge in [-0.2, -0.15) is 0 Å². The molecule has 4 nitrogen and oxygen atoms in total. The number of carbonyl (C=O) groups is 2. The van der Waals surface area contributed by atoms with Crippen LogP contribution in [-0.2, 0) is 0 Å². The van der Waals surface area contributed by atoms with Crippen LogP contribution in [0.15, 0.2) is 48.7 Å². The molecule has 0 aliphatic heterocycles. The van der Waals surface area contributed by atoms with E-state index in [2.05, 4.69) is 5.32 Å². The van der Waals surface area contributed by atoms with Gasteiger partial charge in [-0.1, -0.05) is 12.1 Å². The summed E-state index contributed by atoms with van der Waals surface area (Å²) in [6.45, 7) is 3.32. The lowest BCUT2D eigenvalue weighted by atomic mass is 10.1. The van der Waals surface area contributed by atoms with E-state index in [-0.39, 0.29) is 17.4 Å². The van der Waals surface area contributed by atoms with Gasteiger partial charge < -0.3 is 5.32 Å². The summed E-state index contributed by atoms with van der Waals surface area (Å²) in [6.07, 6.45) is 1.44. The molecule has 23 heavy (non-hydrogen) atoms. The lowest BCUT2D eigenvalue weighted by Crippen LogP contribution is -2.12. The van der Waals surface area contributed by atoms with Gasteiger partial charge in [-0.15, -0.1) is 0 Å². The number of fused-ring (bicyclic) bond motifs is 1. The second-order valence-corrected chi connectivity index (χ2v) is 5.42. The fourth-order valence-corrected chi connectivity index (χ4v) is 2.56. The lowest BCUT2D eigenvalue weighted by Gasteiger charge is -2.05. The van der Waals surface area contributed by atoms with Gasteiger partial charge in [0.25, 0.3) is 5.91 Å². The van der Waals surface area contributed by atoms with Crippen molar-refractivity contribution in [1.82, 2.24) is 4.57 Å². The Morgan fingerprint density at radius 1 is 1.13 bits per heavy atom. The Hall–Kier alpha value is -2.95. The van der Waals surface area contributed by atoms with Gasteiger partial charge in [0.05, 0.1) is 11.1 Å². The summed E-state index contributed by atoms with van der Waals surface area (Å²) in [4.78, 5) is 24.2. The molecule has 116 valence electrons. The lowest BCUT2D eigenvalue weighted by molar-refractivity contribution is 0.0941. The van der Waals surface area contributed by atoms with Crippen LogP contribution in [0.3, 0.4) is 0 Å². The number of anilines is 1. The SMILES string of the molecule is CC(=O)n1cc(C(=O)Nc2cccc(C)c2)c2cc(F)ccc21. The fourth-order valence-electron chi connectivity index (χ4n) is 2.56. The minimum atomic E-state index is -0.455. The first-order valence-corrected chi connectivity index (χ1v) is 7.15. The first-order chi connectivity index (χ1) is 11.0. The van der Waals surface area contributed by atoms with E-state index in [0.717, 1.165) is 5.56 Å². The van der Waals surface area contributed by atoms with Gasteiger partial charge in [-0.25, -0.2) is 4.39 Å². The van der Waals surface area contributed by atoms with E-state index >= 15 is 0 Å². The zero-order chi connectivity index (χ0) is 16.6. The Kier molecular flexibility index (Phi) is 3.70. The average Bonchev–Trinajstić information content (AvgIpc) is 2.86. The van der Waals surface area contributed by atoms with Crippen molar-refractivity contribution >= 4 is 28.4 Å². The number of rotatable bonds is 2. The summed E-state index contributed by atoms with van der Waals surface area (Å²) in [5, 5.41) is 3.18. The predicted molar refractivity (Wildman–Crippen MR) is 87.3 cm³/mol. The normalized spacial score (nSPS) is 10.7. The van der Waals surface area contributed by atoms with Crippen LogP contribution < -0.4 is 5.32 Å². The van der Waals surface area contributed by atoms with Crippen LogP contribution in [0.5, 0.6) is 0 Å². The zero-order valence-corrected chi connectivity index (χ0v) is 12.8. The summed E-state index contributed by atoms with van der Waals surface area (Å²) >= 11 is 0. The smallest absolute Gasteiger partial charge is 0.257 e. The summed E-state index contributed by atoms with van der Waals surface area (Å²) in [7, 11) is 0. The van der Waals surface area contributed by atoms with Crippen LogP contribution >= 0.6 is 0 Å². The van der Waals surface area contributed by atoms with E-state index in [9.17, 15) is 14.0 Å². The summed E-state index contributed by atoms with van der Waals surface area (Å²) in [6, 6.07) is 11.4. The number of benzene rings is 2. The number of hydrogen-bond donors (Lipinski definition) is 1. The van der Waals surface area contributed by atoms with E-state index in [1.54, 1.807) is 6.07 Å². The molecule has 1 aromatic heterocycles. The summed E-state index contributed by atoms with van der Waals surface area (Å²) in [5.41, 5.74) is 2.43. The van der Waals surface area contributed by atoms with Crippen molar-refractivity contribution in [3.8, 4) is 0 Å². The number of aromatic nitrogens is 1. The third kappa shape index (κ3) is 2.85. The Labute approximate surface area is 132 Å². The molecule has 2 aromatic carbocycles. The molecule has 0 radical (unpaired) electrons. The van der Waals surface area contributed by atoms with Crippen molar-refractivity contribution in [2.75, 3.05) is 5.32 Å². The van der Waals surface area contributed by atoms with Gasteiger partial charge in [-0.3, -0.25) is 14.2 Å². The first kappa shape index (κ1) is 15.0. The van der Waals surface area contributed by atoms with Crippen LogP contribution in [-0.4, -0.2) is 16.4 Å². The second-order valence-electron chi connectivity index (χ2n) is 5.42. The maximum Gasteiger partial charge on any atom is 0.257 e. The van der Waals surface area contributed by atoms with E-state index in [1.807, 2.05) is 25.1 Å². The first-order valence-electron chi connectivity index (χ1n) is 7.15. The largest absolute Gasteiger partial charge is 0.322 e. The monoisotopic (exact) mass is 310 g/mol. The number of amides is 1. The molecule has 5 heteroatoms. The van der Waals surface area contributed by atoms with Crippen molar-refractivity contribution in [1.29, 1.82) is 0 Å². The third-order valence-electron chi connectivity index (χ3n) is 3.63. The Balaban J connectivity index is 2.06. The van der Waals surface area contributed by atoms with Gasteiger partial charge in [-0.05, 0) is 42.8 Å². The molecule has 0 aliphatic carbocycles. The van der Waals surface area contributed by atoms with Gasteiger partial charge in [0.15, 0.2) is 0 Å². The second kappa shape index (κ2) is 5.68. The molecule has 1 amide bonds. The van der Waals surface area contributed by atoms with Crippen molar-refractivity contribution in [3.63, 3.8) is 0 Å². The van der Waals surface area contributed by atoms with Crippen LogP contribution in [0.4, 0.5) is 10.1 Å². The van der Waals surface area contributed by atoms with Gasteiger partial charge in [0.2, 0.25) is 5.91 Å². The van der Waals surface area contributed by atoms with Crippen LogP contribution in [0.2, 0.25) is 0 Å². The van der Waals surface area contributed by atoms with Crippen molar-refractivity contribution in [2.24, 2.45) is 0 Å². The van der Waals surface area contributed by atoms with Crippen LogP contribution in [0, 0.1) is 12.7 Å². The molecular formula is C18H15FN2O2. The average molecular weight is 310 g/mol. The molecule has 0 bridgehead atoms. The Bertz CT molecular complexity index is 928. The summed E-state index contributed by atoms with van der Waals surface area (Å²) in [5.74, 6) is -1.08. The topological polar surface area (TPSA) is 51.1 Å². The van der Waals surface area contributed by atoms with Crippen molar-refractivity contribution in [3.05, 3.63) is 65.6 Å². The Morgan fingerprint density at radius 3 is 2.61 bits per heavy atom. The molecule has 0 spiro atoms. The molecule has 3 aromatic rings. The highest BCUT2D eigenvalue weighted by Gasteiger charge is 2.17. The Morgan fingerprint density at radius 2 is 1.91 bits per heavy atom. The van der Waals surface area contributed by atoms with E-state index < -0.39 is 5.82 Å². The highest BCUT2D eigenvalue weighted by molar-refractivity contribution is 6.14. The van der Waals surface area contributed by atoms with Crippen molar-refractivity contribution < 1.29 is 14.0 Å². The van der Waals surface area contributed by atoms with E-state index in [1.165, 1.54) is 35.9 Å². The highest BCUT2D eigenvalue weighted by atomic mass is 19.1. The minimum absolute atomic E-state index is 0.240. The van der Waals surface area contributed by atoms with Crippen LogP contribution in [0.25, 0.3) is 10.9 Å². The highest BCUT2D eigenvalue weighted by Crippen LogP contribution is 2.24. The number of nitrogens with zero attached hydrogens (tertiary/aromatic N) is 1. The van der Waals surface area contributed by atoms with Gasteiger partial charge >= 0.3 is 0 Å². The minimum Gasteiger partial charge on any atom is -0.322 e. The van der Waals surface area contributed by atoms with Gasteiger partial charge in [0, 0.05) is 24.2 Å². The number of carbonyl (C=O) groups excluding carboxylic acids is 2. The maximum atomic E-state index is 13.5. The zero-order valence-electron chi connectivity index (χ0n) is 12.8. The molecular weight excluding hydrogens is 295 g/mol. The molecule has 1 heterocycles. The molecule has 0 unspecified atom stereocenters. The maximum absolute atomic E-state index is 13.5. The molecule has 0 fully saturated rings. The standard InChI is InChI=1S/C18H15FN2O2/c1-11-4-3-5-14(8-11)20-18(23)16-10-21(12(2)22)17-7-6-13(19)9-15(16)17/h3-10H,1-2H3,(H,20,23). The molecule has 0 saturated carbocycles. The van der Waals surface area contributed by atoms with Crippen molar-refractivity contribution in [2.45, 2.75) is 13.8 Å². The van der Waals surface area contributed by atoms with E-state index in [4.69, 9.17) is 0 Å². The van der Waals surface area contributed by atoms with E-state index in [0.29, 0.717) is 16.6 Å². The number of hydrogen-bond acceptors (Lipinski definition) is 2. The predicted octanol–water partition coefficient (Wildman–Crippen LogP) is 4.00. The molecule has 3 rings (SSSR count). The third-order valence-corrected chi connectivity index (χ3v) is 3.63. The van der Waals surface area contributed by atoms with Crippen LogP contribution in [0.1, 0.15) is 27.6 Å². The molecule has 1 N–H and O–H groups in total. The fraction of sp³-hybridized carbons (Fsp3) is 0.111. The summed E-state index contributed by atoms with van der Waals surface area (Å²) < 4.78 is 14.9. The quantitative estimate of drug-likeness (QED) is 0.778. The number of aryl methyl sites for hydroxylation is 1. The number of halogens is 1. The van der Waals surface area contributed by atoms with Gasteiger partial charge in [0.1, 0.15) is 5.82 Å². The molecule has 0 atom stereocenters. The molecule has 0 aliphatic rings. The molecule has 0 saturated heterocycles. The number of nitrogens with one attached hydrogen (secondary N) is 1.